The minimum atomic E-state index is -0.330. The smallest absolute Gasteiger partial charge is 0.259 e. The minimum Gasteiger partial charge on any atom is -0.392 e. The Bertz CT molecular complexity index is 796. The van der Waals surface area contributed by atoms with Crippen molar-refractivity contribution in [1.29, 1.82) is 0 Å². The largest absolute Gasteiger partial charge is 0.392 e. The highest BCUT2D eigenvalue weighted by Crippen LogP contribution is 2.33. The number of aromatic nitrogens is 2. The highest BCUT2D eigenvalue weighted by Gasteiger charge is 2.21. The number of aliphatic hydroxyl groups excluding tert-OH is 1. The van der Waals surface area contributed by atoms with Crippen LogP contribution >= 0.6 is 11.3 Å². The fourth-order valence-electron chi connectivity index (χ4n) is 3.94. The summed E-state index contributed by atoms with van der Waals surface area (Å²) in [6, 6.07) is 0. The molecule has 6 heteroatoms. The van der Waals surface area contributed by atoms with Crippen LogP contribution < -0.4 is 5.56 Å². The molecule has 2 heterocycles. The van der Waals surface area contributed by atoms with Gasteiger partial charge in [0.2, 0.25) is 0 Å². The molecule has 1 aliphatic carbocycles. The summed E-state index contributed by atoms with van der Waals surface area (Å²) in [7, 11) is 0. The van der Waals surface area contributed by atoms with Crippen molar-refractivity contribution in [2.24, 2.45) is 5.92 Å². The summed E-state index contributed by atoms with van der Waals surface area (Å²) in [4.78, 5) is 24.9. The predicted molar refractivity (Wildman–Crippen MR) is 108 cm³/mol. The Labute approximate surface area is 159 Å². The normalized spacial score (nSPS) is 15.8. The van der Waals surface area contributed by atoms with Gasteiger partial charge in [-0.15, -0.1) is 11.3 Å². The number of hydrogen-bond donors (Lipinski definition) is 2. The molecule has 0 saturated heterocycles. The molecule has 26 heavy (non-hydrogen) atoms. The Morgan fingerprint density at radius 1 is 1.27 bits per heavy atom. The molecule has 2 aromatic rings. The molecule has 2 aromatic heterocycles. The monoisotopic (exact) mass is 377 g/mol. The fraction of sp³-hybridized carbons (Fsp3) is 0.700. The quantitative estimate of drug-likeness (QED) is 0.739. The first-order chi connectivity index (χ1) is 12.5. The second-order valence-corrected chi connectivity index (χ2v) is 9.02. The summed E-state index contributed by atoms with van der Waals surface area (Å²) in [5, 5.41) is 11.0. The van der Waals surface area contributed by atoms with Crippen LogP contribution in [0, 0.1) is 5.92 Å². The zero-order valence-corrected chi connectivity index (χ0v) is 17.0. The zero-order valence-electron chi connectivity index (χ0n) is 16.2. The topological polar surface area (TPSA) is 69.2 Å². The van der Waals surface area contributed by atoms with Crippen LogP contribution in [0.2, 0.25) is 0 Å². The summed E-state index contributed by atoms with van der Waals surface area (Å²) >= 11 is 1.69. The van der Waals surface area contributed by atoms with E-state index in [-0.39, 0.29) is 11.7 Å². The number of rotatable bonds is 8. The summed E-state index contributed by atoms with van der Waals surface area (Å²) in [5.74, 6) is 1.21. The molecule has 0 radical (unpaired) electrons. The van der Waals surface area contributed by atoms with Gasteiger partial charge in [0.25, 0.3) is 5.56 Å². The molecule has 2 N–H and O–H groups in total. The molecule has 0 amide bonds. The van der Waals surface area contributed by atoms with Crippen molar-refractivity contribution in [1.82, 2.24) is 14.9 Å². The van der Waals surface area contributed by atoms with E-state index in [0.717, 1.165) is 48.9 Å². The van der Waals surface area contributed by atoms with Crippen LogP contribution in [0.25, 0.3) is 10.2 Å². The van der Waals surface area contributed by atoms with Gasteiger partial charge < -0.3 is 10.1 Å². The number of thiophene rings is 1. The van der Waals surface area contributed by atoms with E-state index in [1.807, 2.05) is 0 Å². The molecule has 0 bridgehead atoms. The summed E-state index contributed by atoms with van der Waals surface area (Å²) in [6.45, 7) is 8.50. The zero-order chi connectivity index (χ0) is 18.7. The first-order valence-corrected chi connectivity index (χ1v) is 10.7. The first kappa shape index (κ1) is 19.5. The number of aliphatic hydroxyl groups is 1. The average Bonchev–Trinajstić information content (AvgIpc) is 2.92. The molecule has 0 aliphatic heterocycles. The van der Waals surface area contributed by atoms with E-state index >= 15 is 0 Å². The Morgan fingerprint density at radius 2 is 2.04 bits per heavy atom. The van der Waals surface area contributed by atoms with Crippen molar-refractivity contribution >= 4 is 21.6 Å². The van der Waals surface area contributed by atoms with Crippen LogP contribution in [0.15, 0.2) is 4.79 Å². The molecule has 1 atom stereocenters. The van der Waals surface area contributed by atoms with Crippen molar-refractivity contribution < 1.29 is 5.11 Å². The highest BCUT2D eigenvalue weighted by molar-refractivity contribution is 7.18. The van der Waals surface area contributed by atoms with Gasteiger partial charge in [0.15, 0.2) is 0 Å². The van der Waals surface area contributed by atoms with Gasteiger partial charge in [-0.1, -0.05) is 27.2 Å². The molecule has 0 saturated carbocycles. The molecule has 144 valence electrons. The van der Waals surface area contributed by atoms with Crippen molar-refractivity contribution in [3.63, 3.8) is 0 Å². The van der Waals surface area contributed by atoms with Gasteiger partial charge in [-0.2, -0.15) is 0 Å². The van der Waals surface area contributed by atoms with E-state index in [0.29, 0.717) is 24.8 Å². The number of hydrogen-bond acceptors (Lipinski definition) is 5. The van der Waals surface area contributed by atoms with Crippen LogP contribution in [0.5, 0.6) is 0 Å². The number of H-pyrrole nitrogens is 1. The molecular weight excluding hydrogens is 346 g/mol. The Hall–Kier alpha value is -1.24. The SMILES string of the molecule is CCCC(O)CN(Cc1nc2sc3c(c2c(=O)[nH]1)CCCC3)CC(C)C. The van der Waals surface area contributed by atoms with E-state index in [1.165, 1.54) is 16.9 Å². The molecule has 0 fully saturated rings. The lowest BCUT2D eigenvalue weighted by Crippen LogP contribution is -2.35. The molecule has 5 nitrogen and oxygen atoms in total. The van der Waals surface area contributed by atoms with Gasteiger partial charge in [0.1, 0.15) is 10.7 Å². The van der Waals surface area contributed by atoms with Gasteiger partial charge in [0, 0.05) is 18.0 Å². The van der Waals surface area contributed by atoms with Crippen LogP contribution in [-0.4, -0.2) is 39.2 Å². The summed E-state index contributed by atoms with van der Waals surface area (Å²) in [6.07, 6.45) is 5.90. The van der Waals surface area contributed by atoms with Crippen LogP contribution in [0.4, 0.5) is 0 Å². The molecule has 1 unspecified atom stereocenters. The number of fused-ring (bicyclic) bond motifs is 3. The van der Waals surface area contributed by atoms with E-state index < -0.39 is 0 Å². The fourth-order valence-corrected chi connectivity index (χ4v) is 5.22. The van der Waals surface area contributed by atoms with Crippen molar-refractivity contribution in [2.45, 2.75) is 71.9 Å². The van der Waals surface area contributed by atoms with Gasteiger partial charge in [-0.3, -0.25) is 9.69 Å². The van der Waals surface area contributed by atoms with E-state index in [9.17, 15) is 9.90 Å². The van der Waals surface area contributed by atoms with Crippen LogP contribution in [0.3, 0.4) is 0 Å². The second-order valence-electron chi connectivity index (χ2n) is 7.93. The summed E-state index contributed by atoms with van der Waals surface area (Å²) in [5.41, 5.74) is 1.23. The van der Waals surface area contributed by atoms with Crippen LogP contribution in [-0.2, 0) is 19.4 Å². The first-order valence-electron chi connectivity index (χ1n) is 9.91. The van der Waals surface area contributed by atoms with Gasteiger partial charge in [-0.05, 0) is 43.6 Å². The average molecular weight is 378 g/mol. The molecule has 0 aromatic carbocycles. The predicted octanol–water partition coefficient (Wildman–Crippen LogP) is 3.48. The highest BCUT2D eigenvalue weighted by atomic mass is 32.1. The number of nitrogens with one attached hydrogen (secondary N) is 1. The summed E-state index contributed by atoms with van der Waals surface area (Å²) < 4.78 is 0. The Morgan fingerprint density at radius 3 is 2.77 bits per heavy atom. The number of aryl methyl sites for hydroxylation is 2. The Kier molecular flexibility index (Phi) is 6.48. The van der Waals surface area contributed by atoms with Gasteiger partial charge in [-0.25, -0.2) is 4.98 Å². The van der Waals surface area contributed by atoms with E-state index in [2.05, 4.69) is 30.7 Å². The van der Waals surface area contributed by atoms with Gasteiger partial charge in [0.05, 0.1) is 18.0 Å². The minimum absolute atomic E-state index is 0.00278. The third-order valence-corrected chi connectivity index (χ3v) is 6.15. The number of nitrogens with zero attached hydrogens (tertiary/aromatic N) is 2. The third-order valence-electron chi connectivity index (χ3n) is 4.96. The van der Waals surface area contributed by atoms with Crippen LogP contribution in [0.1, 0.15) is 62.7 Å². The van der Waals surface area contributed by atoms with Gasteiger partial charge >= 0.3 is 0 Å². The third kappa shape index (κ3) is 4.53. The van der Waals surface area contributed by atoms with E-state index in [4.69, 9.17) is 4.98 Å². The maximum Gasteiger partial charge on any atom is 0.259 e. The number of aromatic amines is 1. The lowest BCUT2D eigenvalue weighted by atomic mass is 9.97. The van der Waals surface area contributed by atoms with E-state index in [1.54, 1.807) is 11.3 Å². The standard InChI is InChI=1S/C20H31N3O2S/c1-4-7-14(24)11-23(10-13(2)3)12-17-21-19(25)18-15-8-5-6-9-16(15)26-20(18)22-17/h13-14,24H,4-12H2,1-3H3,(H,21,22,25). The molecular formula is C20H31N3O2S. The lowest BCUT2D eigenvalue weighted by molar-refractivity contribution is 0.0930. The van der Waals surface area contributed by atoms with Crippen molar-refractivity contribution in [2.75, 3.05) is 13.1 Å². The Balaban J connectivity index is 1.84. The molecule has 3 rings (SSSR count). The maximum absolute atomic E-state index is 12.7. The maximum atomic E-state index is 12.7. The van der Waals surface area contributed by atoms with Crippen molar-refractivity contribution in [3.05, 3.63) is 26.6 Å². The molecule has 1 aliphatic rings. The second kappa shape index (κ2) is 8.63. The lowest BCUT2D eigenvalue weighted by Gasteiger charge is -2.26. The van der Waals surface area contributed by atoms with Crippen molar-refractivity contribution in [3.8, 4) is 0 Å². The molecule has 0 spiro atoms.